The third kappa shape index (κ3) is 4.99. The highest BCUT2D eigenvalue weighted by atomic mass is 32.1. The highest BCUT2D eigenvalue weighted by molar-refractivity contribution is 7.22. The number of benzene rings is 1. The lowest BCUT2D eigenvalue weighted by Gasteiger charge is -2.15. The van der Waals surface area contributed by atoms with Crippen LogP contribution in [0.25, 0.3) is 20.8 Å². The molecule has 3 aromatic heterocycles. The molecule has 0 unspecified atom stereocenters. The number of nitrogens with two attached hydrogens (primary N) is 1. The minimum Gasteiger partial charge on any atom is -0.453 e. The number of anilines is 1. The fraction of sp³-hybridized carbons (Fsp3) is 0.217. The average Bonchev–Trinajstić information content (AvgIpc) is 3.20. The van der Waals surface area contributed by atoms with Crippen molar-refractivity contribution in [2.24, 2.45) is 0 Å². The van der Waals surface area contributed by atoms with Crippen LogP contribution in [0.4, 0.5) is 10.1 Å². The number of hydrogen-bond acceptors (Lipinski definition) is 7. The maximum Gasteiger partial charge on any atom is 0.167 e. The lowest BCUT2D eigenvalue weighted by atomic mass is 10.2. The maximum absolute atomic E-state index is 14.2. The lowest BCUT2D eigenvalue weighted by molar-refractivity contribution is 0.158. The van der Waals surface area contributed by atoms with Crippen molar-refractivity contribution in [1.29, 1.82) is 0 Å². The summed E-state index contributed by atoms with van der Waals surface area (Å²) >= 11 is 1.51. The molecule has 0 aliphatic rings. The first-order chi connectivity index (χ1) is 15.0. The molecule has 160 valence electrons. The van der Waals surface area contributed by atoms with E-state index in [1.54, 1.807) is 25.4 Å². The van der Waals surface area contributed by atoms with Gasteiger partial charge in [0.05, 0.1) is 27.4 Å². The molecule has 0 radical (unpaired) electrons. The molecule has 0 fully saturated rings. The van der Waals surface area contributed by atoms with Crippen LogP contribution in [0.3, 0.4) is 0 Å². The Morgan fingerprint density at radius 1 is 1.10 bits per heavy atom. The van der Waals surface area contributed by atoms with Crippen LogP contribution >= 0.6 is 11.3 Å². The minimum atomic E-state index is -0.505. The van der Waals surface area contributed by atoms with Crippen LogP contribution in [-0.2, 0) is 11.3 Å². The number of nitrogens with zero attached hydrogens (tertiary/aromatic N) is 3. The number of methoxy groups -OCH3 is 1. The Labute approximate surface area is 184 Å². The summed E-state index contributed by atoms with van der Waals surface area (Å²) in [6, 6.07) is 12.1. The predicted molar refractivity (Wildman–Crippen MR) is 122 cm³/mol. The quantitative estimate of drug-likeness (QED) is 0.393. The van der Waals surface area contributed by atoms with E-state index in [0.717, 1.165) is 39.4 Å². The van der Waals surface area contributed by atoms with E-state index in [1.165, 1.54) is 23.5 Å². The normalized spacial score (nSPS) is 11.4. The SMILES string of the molecule is COCCN(C)Cc1ccc(-c2cc3nccc(Oc4ccc(N)cc4F)c3s2)nc1. The third-order valence-corrected chi connectivity index (χ3v) is 5.92. The Bertz CT molecular complexity index is 1180. The van der Waals surface area contributed by atoms with Crippen LogP contribution in [0.15, 0.2) is 54.9 Å². The molecule has 3 heterocycles. The van der Waals surface area contributed by atoms with Crippen LogP contribution in [0.5, 0.6) is 11.5 Å². The summed E-state index contributed by atoms with van der Waals surface area (Å²) in [6.07, 6.45) is 3.54. The molecule has 2 N–H and O–H groups in total. The summed E-state index contributed by atoms with van der Waals surface area (Å²) in [4.78, 5) is 12.2. The summed E-state index contributed by atoms with van der Waals surface area (Å²) in [7, 11) is 3.75. The molecular weight excluding hydrogens is 415 g/mol. The monoisotopic (exact) mass is 438 g/mol. The lowest BCUT2D eigenvalue weighted by Crippen LogP contribution is -2.22. The van der Waals surface area contributed by atoms with Gasteiger partial charge in [-0.05, 0) is 36.9 Å². The van der Waals surface area contributed by atoms with Gasteiger partial charge in [-0.15, -0.1) is 11.3 Å². The number of fused-ring (bicyclic) bond motifs is 1. The van der Waals surface area contributed by atoms with Crippen LogP contribution in [0.2, 0.25) is 0 Å². The molecule has 0 aliphatic carbocycles. The van der Waals surface area contributed by atoms with E-state index in [-0.39, 0.29) is 5.75 Å². The Morgan fingerprint density at radius 3 is 2.71 bits per heavy atom. The van der Waals surface area contributed by atoms with Crippen LogP contribution in [-0.4, -0.2) is 42.2 Å². The highest BCUT2D eigenvalue weighted by Crippen LogP contribution is 2.39. The summed E-state index contributed by atoms with van der Waals surface area (Å²) in [5.74, 6) is 0.160. The summed E-state index contributed by atoms with van der Waals surface area (Å²) in [6.45, 7) is 2.36. The number of nitrogen functional groups attached to an aromatic ring is 1. The molecule has 31 heavy (non-hydrogen) atoms. The number of rotatable bonds is 8. The van der Waals surface area contributed by atoms with Crippen molar-refractivity contribution < 1.29 is 13.9 Å². The number of halogens is 1. The zero-order valence-corrected chi connectivity index (χ0v) is 18.2. The number of pyridine rings is 2. The zero-order chi connectivity index (χ0) is 21.8. The van der Waals surface area contributed by atoms with E-state index in [9.17, 15) is 4.39 Å². The van der Waals surface area contributed by atoms with Gasteiger partial charge in [-0.25, -0.2) is 4.39 Å². The second-order valence-corrected chi connectivity index (χ2v) is 8.26. The Morgan fingerprint density at radius 2 is 1.97 bits per heavy atom. The van der Waals surface area contributed by atoms with Gasteiger partial charge in [-0.2, -0.15) is 0 Å². The van der Waals surface area contributed by atoms with Crippen molar-refractivity contribution in [3.63, 3.8) is 0 Å². The van der Waals surface area contributed by atoms with E-state index in [4.69, 9.17) is 15.2 Å². The first-order valence-electron chi connectivity index (χ1n) is 9.77. The van der Waals surface area contributed by atoms with E-state index < -0.39 is 5.82 Å². The van der Waals surface area contributed by atoms with Crippen molar-refractivity contribution in [2.75, 3.05) is 33.0 Å². The summed E-state index contributed by atoms with van der Waals surface area (Å²) in [5, 5.41) is 0. The molecule has 4 rings (SSSR count). The number of ether oxygens (including phenoxy) is 2. The Hall–Kier alpha value is -3.07. The number of hydrogen-bond donors (Lipinski definition) is 1. The van der Waals surface area contributed by atoms with E-state index in [2.05, 4.69) is 28.0 Å². The van der Waals surface area contributed by atoms with Crippen molar-refractivity contribution in [2.45, 2.75) is 6.54 Å². The number of thiophene rings is 1. The molecule has 1 aromatic carbocycles. The van der Waals surface area contributed by atoms with E-state index in [0.29, 0.717) is 18.0 Å². The summed E-state index contributed by atoms with van der Waals surface area (Å²) < 4.78 is 25.9. The van der Waals surface area contributed by atoms with Crippen LogP contribution < -0.4 is 10.5 Å². The second-order valence-electron chi connectivity index (χ2n) is 7.21. The maximum atomic E-state index is 14.2. The first-order valence-corrected chi connectivity index (χ1v) is 10.6. The van der Waals surface area contributed by atoms with Crippen molar-refractivity contribution >= 4 is 27.2 Å². The van der Waals surface area contributed by atoms with Gasteiger partial charge in [0.2, 0.25) is 0 Å². The first kappa shape index (κ1) is 21.2. The summed E-state index contributed by atoms with van der Waals surface area (Å²) in [5.41, 5.74) is 8.73. The van der Waals surface area contributed by atoms with Gasteiger partial charge >= 0.3 is 0 Å². The molecule has 0 spiro atoms. The smallest absolute Gasteiger partial charge is 0.167 e. The molecule has 0 atom stereocenters. The predicted octanol–water partition coefficient (Wildman–Crippen LogP) is 4.95. The number of likely N-dealkylation sites (N-methyl/N-ethyl adjacent to an activating group) is 1. The van der Waals surface area contributed by atoms with Gasteiger partial charge in [0, 0.05) is 50.4 Å². The van der Waals surface area contributed by atoms with E-state index >= 15 is 0 Å². The fourth-order valence-corrected chi connectivity index (χ4v) is 4.18. The molecule has 4 aromatic rings. The standard InChI is InChI=1S/C23H23FN4O2S/c1-28(9-10-29-2)14-15-3-5-18(27-13-15)22-12-19-23(31-22)21(7-8-26-19)30-20-6-4-16(25)11-17(20)24/h3-8,11-13H,9-10,14,25H2,1-2H3. The largest absolute Gasteiger partial charge is 0.453 e. The molecule has 6 nitrogen and oxygen atoms in total. The Balaban J connectivity index is 1.56. The van der Waals surface area contributed by atoms with Gasteiger partial charge in [0.15, 0.2) is 11.6 Å². The molecule has 0 saturated heterocycles. The topological polar surface area (TPSA) is 73.5 Å². The molecule has 0 bridgehead atoms. The molecule has 0 amide bonds. The molecule has 0 aliphatic heterocycles. The molecule has 0 saturated carbocycles. The van der Waals surface area contributed by atoms with Gasteiger partial charge in [0.1, 0.15) is 5.75 Å². The van der Waals surface area contributed by atoms with Gasteiger partial charge in [0.25, 0.3) is 0 Å². The molecule has 8 heteroatoms. The van der Waals surface area contributed by atoms with Gasteiger partial charge < -0.3 is 15.2 Å². The van der Waals surface area contributed by atoms with Crippen molar-refractivity contribution in [1.82, 2.24) is 14.9 Å². The zero-order valence-electron chi connectivity index (χ0n) is 17.3. The fourth-order valence-electron chi connectivity index (χ4n) is 3.14. The van der Waals surface area contributed by atoms with E-state index in [1.807, 2.05) is 18.3 Å². The third-order valence-electron chi connectivity index (χ3n) is 4.76. The van der Waals surface area contributed by atoms with Crippen LogP contribution in [0, 0.1) is 5.82 Å². The minimum absolute atomic E-state index is 0.122. The van der Waals surface area contributed by atoms with Gasteiger partial charge in [-0.3, -0.25) is 14.9 Å². The van der Waals surface area contributed by atoms with Crippen LogP contribution in [0.1, 0.15) is 5.56 Å². The van der Waals surface area contributed by atoms with Crippen molar-refractivity contribution in [3.05, 3.63) is 66.2 Å². The van der Waals surface area contributed by atoms with Gasteiger partial charge in [-0.1, -0.05) is 6.07 Å². The molecular formula is C23H23FN4O2S. The average molecular weight is 439 g/mol. The Kier molecular flexibility index (Phi) is 6.41. The second kappa shape index (κ2) is 9.38. The number of aromatic nitrogens is 2. The highest BCUT2D eigenvalue weighted by Gasteiger charge is 2.13. The van der Waals surface area contributed by atoms with Crippen molar-refractivity contribution in [3.8, 4) is 22.1 Å².